The third-order valence-corrected chi connectivity index (χ3v) is 3.68. The number of aromatic nitrogens is 1. The van der Waals surface area contributed by atoms with Crippen LogP contribution in [0.3, 0.4) is 0 Å². The van der Waals surface area contributed by atoms with Gasteiger partial charge in [-0.25, -0.2) is 0 Å². The molecule has 1 aromatic heterocycles. The molecule has 0 aliphatic carbocycles. The van der Waals surface area contributed by atoms with Gasteiger partial charge in [-0.15, -0.1) is 0 Å². The summed E-state index contributed by atoms with van der Waals surface area (Å²) in [4.78, 5) is 4.30. The van der Waals surface area contributed by atoms with Gasteiger partial charge in [0.05, 0.1) is 16.7 Å². The third kappa shape index (κ3) is 3.08. The monoisotopic (exact) mass is 347 g/mol. The van der Waals surface area contributed by atoms with E-state index >= 15 is 0 Å². The minimum atomic E-state index is 0.505. The summed E-state index contributed by atoms with van der Waals surface area (Å²) < 4.78 is 5.73. The largest absolute Gasteiger partial charge is 0.490 e. The van der Waals surface area contributed by atoms with Crippen molar-refractivity contribution < 1.29 is 4.74 Å². The molecule has 0 N–H and O–H groups in total. The van der Waals surface area contributed by atoms with E-state index in [1.807, 2.05) is 12.1 Å². The molecule has 0 saturated carbocycles. The Morgan fingerprint density at radius 1 is 1.22 bits per heavy atom. The predicted octanol–water partition coefficient (Wildman–Crippen LogP) is 5.10. The maximum atomic E-state index is 6.16. The van der Waals surface area contributed by atoms with Gasteiger partial charge in [-0.05, 0) is 31.0 Å². The third-order valence-electron chi connectivity index (χ3n) is 2.52. The Morgan fingerprint density at radius 3 is 2.83 bits per heavy atom. The Labute approximate surface area is 124 Å². The van der Waals surface area contributed by atoms with Crippen molar-refractivity contribution >= 4 is 50.0 Å². The fourth-order valence-electron chi connectivity index (χ4n) is 1.65. The molecule has 96 valence electrons. The number of ether oxygens (including phenoxy) is 1. The zero-order valence-corrected chi connectivity index (χ0v) is 12.7. The van der Waals surface area contributed by atoms with E-state index in [0.29, 0.717) is 27.9 Å². The van der Waals surface area contributed by atoms with Crippen LogP contribution in [0.1, 0.15) is 12.8 Å². The Morgan fingerprint density at radius 2 is 2.06 bits per heavy atom. The van der Waals surface area contributed by atoms with Crippen LogP contribution in [0.25, 0.3) is 10.9 Å². The summed E-state index contributed by atoms with van der Waals surface area (Å²) in [7, 11) is 0. The fourth-order valence-corrected chi connectivity index (χ4v) is 2.62. The lowest BCUT2D eigenvalue weighted by Gasteiger charge is -2.11. The molecule has 18 heavy (non-hydrogen) atoms. The zero-order chi connectivity index (χ0) is 13.0. The lowest BCUT2D eigenvalue weighted by atomic mass is 10.2. The van der Waals surface area contributed by atoms with Gasteiger partial charge in [0.1, 0.15) is 5.52 Å². The summed E-state index contributed by atoms with van der Waals surface area (Å²) in [5.74, 6) is 0.617. The summed E-state index contributed by atoms with van der Waals surface area (Å²) in [6.07, 6.45) is 3.75. The molecule has 0 bridgehead atoms. The molecule has 2 nitrogen and oxygen atoms in total. The van der Waals surface area contributed by atoms with Crippen LogP contribution in [-0.4, -0.2) is 16.9 Å². The van der Waals surface area contributed by atoms with Crippen molar-refractivity contribution in [2.75, 3.05) is 11.9 Å². The van der Waals surface area contributed by atoms with E-state index in [1.165, 1.54) is 0 Å². The quantitative estimate of drug-likeness (QED) is 0.554. The Bertz CT molecular complexity index is 548. The minimum Gasteiger partial charge on any atom is -0.490 e. The first-order valence-corrected chi connectivity index (χ1v) is 7.53. The van der Waals surface area contributed by atoms with Crippen LogP contribution >= 0.6 is 39.1 Å². The van der Waals surface area contributed by atoms with Crippen LogP contribution in [0.4, 0.5) is 0 Å². The van der Waals surface area contributed by atoms with E-state index in [2.05, 4.69) is 20.9 Å². The minimum absolute atomic E-state index is 0.505. The number of hydrogen-bond acceptors (Lipinski definition) is 2. The van der Waals surface area contributed by atoms with Gasteiger partial charge in [0, 0.05) is 16.9 Å². The van der Waals surface area contributed by atoms with Crippen LogP contribution in [0.15, 0.2) is 24.4 Å². The Kier molecular flexibility index (Phi) is 5.10. The molecule has 0 fully saturated rings. The Hall–Kier alpha value is -0.510. The predicted molar refractivity (Wildman–Crippen MR) is 80.3 cm³/mol. The lowest BCUT2D eigenvalue weighted by Crippen LogP contribution is -1.99. The molecule has 0 unspecified atom stereocenters. The van der Waals surface area contributed by atoms with Gasteiger partial charge in [0.15, 0.2) is 5.75 Å². The SMILES string of the molecule is Clc1cc(Cl)c2cccnc2c1OCCCCBr. The highest BCUT2D eigenvalue weighted by atomic mass is 79.9. The van der Waals surface area contributed by atoms with Crippen LogP contribution in [0.5, 0.6) is 5.75 Å². The fraction of sp³-hybridized carbons (Fsp3) is 0.308. The van der Waals surface area contributed by atoms with Crippen molar-refractivity contribution in [2.45, 2.75) is 12.8 Å². The van der Waals surface area contributed by atoms with Crippen LogP contribution in [-0.2, 0) is 0 Å². The number of benzene rings is 1. The van der Waals surface area contributed by atoms with E-state index in [0.717, 1.165) is 23.6 Å². The molecule has 1 heterocycles. The topological polar surface area (TPSA) is 22.1 Å². The molecule has 0 radical (unpaired) electrons. The second kappa shape index (κ2) is 6.60. The van der Waals surface area contributed by atoms with Crippen molar-refractivity contribution in [1.29, 1.82) is 0 Å². The summed E-state index contributed by atoms with van der Waals surface area (Å²) in [6.45, 7) is 0.624. The van der Waals surface area contributed by atoms with Gasteiger partial charge < -0.3 is 4.74 Å². The van der Waals surface area contributed by atoms with E-state index < -0.39 is 0 Å². The molecule has 2 rings (SSSR count). The lowest BCUT2D eigenvalue weighted by molar-refractivity contribution is 0.313. The molecule has 0 saturated heterocycles. The van der Waals surface area contributed by atoms with Gasteiger partial charge in [0.2, 0.25) is 0 Å². The summed E-state index contributed by atoms with van der Waals surface area (Å²) >= 11 is 15.7. The van der Waals surface area contributed by atoms with E-state index in [-0.39, 0.29) is 0 Å². The molecular weight excluding hydrogens is 337 g/mol. The number of rotatable bonds is 5. The summed E-state index contributed by atoms with van der Waals surface area (Å²) in [5, 5.41) is 2.93. The molecule has 0 aliphatic rings. The van der Waals surface area contributed by atoms with E-state index in [9.17, 15) is 0 Å². The Balaban J connectivity index is 2.31. The molecule has 0 aliphatic heterocycles. The normalized spacial score (nSPS) is 10.8. The summed E-state index contributed by atoms with van der Waals surface area (Å²) in [6, 6.07) is 5.45. The highest BCUT2D eigenvalue weighted by molar-refractivity contribution is 9.09. The number of unbranched alkanes of at least 4 members (excludes halogenated alkanes) is 1. The van der Waals surface area contributed by atoms with Crippen LogP contribution in [0.2, 0.25) is 10.0 Å². The first-order valence-electron chi connectivity index (χ1n) is 5.65. The first kappa shape index (κ1) is 13.9. The molecule has 2 aromatic rings. The highest BCUT2D eigenvalue weighted by Gasteiger charge is 2.12. The number of nitrogens with zero attached hydrogens (tertiary/aromatic N) is 1. The summed E-state index contributed by atoms with van der Waals surface area (Å²) in [5.41, 5.74) is 0.717. The standard InChI is InChI=1S/C13H12BrCl2NO/c14-5-1-2-7-18-13-11(16)8-10(15)9-4-3-6-17-12(9)13/h3-4,6,8H,1-2,5,7H2. The average molecular weight is 349 g/mol. The van der Waals surface area contributed by atoms with Gasteiger partial charge in [-0.1, -0.05) is 39.1 Å². The molecular formula is C13H12BrCl2NO. The zero-order valence-electron chi connectivity index (χ0n) is 9.63. The molecule has 0 spiro atoms. The van der Waals surface area contributed by atoms with Crippen LogP contribution < -0.4 is 4.74 Å². The number of halogens is 3. The van der Waals surface area contributed by atoms with Crippen molar-refractivity contribution in [3.05, 3.63) is 34.4 Å². The van der Waals surface area contributed by atoms with Gasteiger partial charge in [0.25, 0.3) is 0 Å². The number of fused-ring (bicyclic) bond motifs is 1. The van der Waals surface area contributed by atoms with Gasteiger partial charge in [-0.3, -0.25) is 4.98 Å². The maximum absolute atomic E-state index is 6.16. The highest BCUT2D eigenvalue weighted by Crippen LogP contribution is 2.36. The van der Waals surface area contributed by atoms with Crippen molar-refractivity contribution in [3.63, 3.8) is 0 Å². The van der Waals surface area contributed by atoms with Crippen molar-refractivity contribution in [3.8, 4) is 5.75 Å². The smallest absolute Gasteiger partial charge is 0.164 e. The van der Waals surface area contributed by atoms with E-state index in [1.54, 1.807) is 12.3 Å². The van der Waals surface area contributed by atoms with Gasteiger partial charge >= 0.3 is 0 Å². The molecule has 0 atom stereocenters. The van der Waals surface area contributed by atoms with Crippen LogP contribution in [0, 0.1) is 0 Å². The average Bonchev–Trinajstić information content (AvgIpc) is 2.38. The second-order valence-electron chi connectivity index (χ2n) is 3.81. The number of alkyl halides is 1. The van der Waals surface area contributed by atoms with Crippen molar-refractivity contribution in [2.24, 2.45) is 0 Å². The number of hydrogen-bond donors (Lipinski definition) is 0. The van der Waals surface area contributed by atoms with Crippen molar-refractivity contribution in [1.82, 2.24) is 4.98 Å². The first-order chi connectivity index (χ1) is 8.74. The number of pyridine rings is 1. The van der Waals surface area contributed by atoms with Gasteiger partial charge in [-0.2, -0.15) is 0 Å². The maximum Gasteiger partial charge on any atom is 0.164 e. The molecule has 5 heteroatoms. The molecule has 1 aromatic carbocycles. The second-order valence-corrected chi connectivity index (χ2v) is 5.42. The van der Waals surface area contributed by atoms with E-state index in [4.69, 9.17) is 27.9 Å². The molecule has 0 amide bonds.